The average Bonchev–Trinajstić information content (AvgIpc) is 2.87. The Hall–Kier alpha value is -2.76. The third-order valence-electron chi connectivity index (χ3n) is 3.10. The van der Waals surface area contributed by atoms with E-state index in [2.05, 4.69) is 10.6 Å². The van der Waals surface area contributed by atoms with Crippen LogP contribution in [0, 0.1) is 0 Å². The largest absolute Gasteiger partial charge is 0.508 e. The molecule has 0 atom stereocenters. The maximum atomic E-state index is 12.2. The third-order valence-corrected chi connectivity index (χ3v) is 3.10. The zero-order valence-corrected chi connectivity index (χ0v) is 10.5. The molecule has 1 aromatic carbocycles. The number of phenolic OH excluding ortho intramolecular Hbond substituents is 1. The van der Waals surface area contributed by atoms with E-state index in [1.54, 1.807) is 12.1 Å². The van der Waals surface area contributed by atoms with Crippen molar-refractivity contribution in [1.29, 1.82) is 0 Å². The zero-order chi connectivity index (χ0) is 14.1. The van der Waals surface area contributed by atoms with Crippen LogP contribution in [0.4, 0.5) is 5.69 Å². The second kappa shape index (κ2) is 4.73. The van der Waals surface area contributed by atoms with Crippen molar-refractivity contribution in [2.45, 2.75) is 6.42 Å². The molecular formula is C14H12N2O4. The van der Waals surface area contributed by atoms with Gasteiger partial charge in [0.25, 0.3) is 11.8 Å². The number of amides is 2. The first-order valence-corrected chi connectivity index (χ1v) is 6.14. The predicted molar refractivity (Wildman–Crippen MR) is 70.8 cm³/mol. The summed E-state index contributed by atoms with van der Waals surface area (Å²) in [5.74, 6) is -0.0683. The molecule has 2 heterocycles. The number of carbonyl (C=O) groups excluding carboxylic acids is 2. The first kappa shape index (κ1) is 12.3. The lowest BCUT2D eigenvalue weighted by Crippen LogP contribution is -2.32. The van der Waals surface area contributed by atoms with Crippen LogP contribution in [-0.2, 0) is 6.42 Å². The van der Waals surface area contributed by atoms with E-state index >= 15 is 0 Å². The number of aromatic hydroxyl groups is 1. The molecule has 6 heteroatoms. The number of furan rings is 1. The van der Waals surface area contributed by atoms with Gasteiger partial charge >= 0.3 is 0 Å². The van der Waals surface area contributed by atoms with Crippen molar-refractivity contribution >= 4 is 17.5 Å². The Kier molecular flexibility index (Phi) is 2.90. The van der Waals surface area contributed by atoms with Crippen molar-refractivity contribution in [2.75, 3.05) is 11.9 Å². The molecule has 0 saturated heterocycles. The number of phenols is 1. The second-order valence-electron chi connectivity index (χ2n) is 4.45. The summed E-state index contributed by atoms with van der Waals surface area (Å²) in [7, 11) is 0. The van der Waals surface area contributed by atoms with Gasteiger partial charge in [0.15, 0.2) is 0 Å². The monoisotopic (exact) mass is 272 g/mol. The molecule has 0 unspecified atom stereocenters. The minimum absolute atomic E-state index is 0.114. The number of rotatable bonds is 2. The van der Waals surface area contributed by atoms with E-state index in [1.807, 2.05) is 0 Å². The smallest absolute Gasteiger partial charge is 0.259 e. The molecule has 0 radical (unpaired) electrons. The minimum atomic E-state index is -0.419. The number of hydrogen-bond acceptors (Lipinski definition) is 4. The van der Waals surface area contributed by atoms with E-state index in [9.17, 15) is 14.7 Å². The van der Waals surface area contributed by atoms with Gasteiger partial charge in [0.1, 0.15) is 17.8 Å². The van der Waals surface area contributed by atoms with Gasteiger partial charge in [-0.1, -0.05) is 0 Å². The number of benzene rings is 1. The van der Waals surface area contributed by atoms with Gasteiger partial charge in [-0.05, 0) is 24.3 Å². The number of hydrogen-bond donors (Lipinski definition) is 3. The van der Waals surface area contributed by atoms with Gasteiger partial charge in [0.2, 0.25) is 0 Å². The molecule has 1 aliphatic rings. The third kappa shape index (κ3) is 2.11. The maximum absolute atomic E-state index is 12.2. The Balaban J connectivity index is 1.86. The van der Waals surface area contributed by atoms with Crippen LogP contribution < -0.4 is 10.6 Å². The number of anilines is 1. The molecule has 0 spiro atoms. The highest BCUT2D eigenvalue weighted by molar-refractivity contribution is 6.12. The van der Waals surface area contributed by atoms with E-state index in [-0.39, 0.29) is 17.2 Å². The van der Waals surface area contributed by atoms with E-state index in [0.717, 1.165) is 0 Å². The number of fused-ring (bicyclic) bond motifs is 1. The Morgan fingerprint density at radius 2 is 2.05 bits per heavy atom. The molecule has 0 saturated carbocycles. The summed E-state index contributed by atoms with van der Waals surface area (Å²) < 4.78 is 5.27. The highest BCUT2D eigenvalue weighted by Gasteiger charge is 2.27. The first-order valence-electron chi connectivity index (χ1n) is 6.14. The fourth-order valence-corrected chi connectivity index (χ4v) is 2.12. The predicted octanol–water partition coefficient (Wildman–Crippen LogP) is 1.52. The molecule has 2 aromatic rings. The molecule has 0 aliphatic carbocycles. The van der Waals surface area contributed by atoms with Gasteiger partial charge in [0.05, 0.1) is 11.1 Å². The molecular weight excluding hydrogens is 260 g/mol. The summed E-state index contributed by atoms with van der Waals surface area (Å²) in [4.78, 5) is 23.9. The van der Waals surface area contributed by atoms with Gasteiger partial charge in [-0.3, -0.25) is 9.59 Å². The summed E-state index contributed by atoms with van der Waals surface area (Å²) in [6, 6.07) is 6.07. The SMILES string of the molecule is O=C(Nc1ccc(O)cc1)c1coc2c1C(=O)NCC2. The Morgan fingerprint density at radius 1 is 1.30 bits per heavy atom. The van der Waals surface area contributed by atoms with E-state index in [1.165, 1.54) is 18.4 Å². The Morgan fingerprint density at radius 3 is 2.80 bits per heavy atom. The van der Waals surface area contributed by atoms with Gasteiger partial charge in [-0.25, -0.2) is 0 Å². The highest BCUT2D eigenvalue weighted by atomic mass is 16.3. The van der Waals surface area contributed by atoms with Gasteiger partial charge in [-0.15, -0.1) is 0 Å². The van der Waals surface area contributed by atoms with Crippen molar-refractivity contribution in [2.24, 2.45) is 0 Å². The fraction of sp³-hybridized carbons (Fsp3) is 0.143. The average molecular weight is 272 g/mol. The van der Waals surface area contributed by atoms with Crippen LogP contribution in [0.25, 0.3) is 0 Å². The number of carbonyl (C=O) groups is 2. The van der Waals surface area contributed by atoms with Crippen LogP contribution >= 0.6 is 0 Å². The lowest BCUT2D eigenvalue weighted by molar-refractivity contribution is 0.0932. The van der Waals surface area contributed by atoms with Crippen molar-refractivity contribution in [3.63, 3.8) is 0 Å². The van der Waals surface area contributed by atoms with E-state index < -0.39 is 5.91 Å². The Labute approximate surface area is 114 Å². The molecule has 0 fully saturated rings. The van der Waals surface area contributed by atoms with Gasteiger partial charge in [-0.2, -0.15) is 0 Å². The van der Waals surface area contributed by atoms with Crippen LogP contribution in [0.3, 0.4) is 0 Å². The lowest BCUT2D eigenvalue weighted by atomic mass is 10.0. The molecule has 1 aromatic heterocycles. The van der Waals surface area contributed by atoms with Crippen molar-refractivity contribution in [3.05, 3.63) is 47.4 Å². The lowest BCUT2D eigenvalue weighted by Gasteiger charge is -2.12. The van der Waals surface area contributed by atoms with Gasteiger partial charge < -0.3 is 20.2 Å². The summed E-state index contributed by atoms with van der Waals surface area (Å²) in [5, 5.41) is 14.5. The molecule has 0 bridgehead atoms. The van der Waals surface area contributed by atoms with Crippen molar-refractivity contribution < 1.29 is 19.1 Å². The van der Waals surface area contributed by atoms with Crippen molar-refractivity contribution in [1.82, 2.24) is 5.32 Å². The molecule has 1 aliphatic heterocycles. The fourth-order valence-electron chi connectivity index (χ4n) is 2.12. The minimum Gasteiger partial charge on any atom is -0.508 e. The molecule has 20 heavy (non-hydrogen) atoms. The quantitative estimate of drug-likeness (QED) is 0.723. The van der Waals surface area contributed by atoms with Crippen LogP contribution in [0.15, 0.2) is 34.9 Å². The standard InChI is InChI=1S/C14H12N2O4/c17-9-3-1-8(2-4-9)16-13(18)10-7-20-11-5-6-15-14(19)12(10)11/h1-4,7,17H,5-6H2,(H,15,19)(H,16,18). The Bertz CT molecular complexity index is 673. The van der Waals surface area contributed by atoms with Crippen LogP contribution in [-0.4, -0.2) is 23.5 Å². The first-order chi connectivity index (χ1) is 9.65. The molecule has 2 amide bonds. The zero-order valence-electron chi connectivity index (χ0n) is 10.5. The molecule has 6 nitrogen and oxygen atoms in total. The number of nitrogens with one attached hydrogen (secondary N) is 2. The van der Waals surface area contributed by atoms with Crippen LogP contribution in [0.1, 0.15) is 26.5 Å². The maximum Gasteiger partial charge on any atom is 0.259 e. The molecule has 3 N–H and O–H groups in total. The van der Waals surface area contributed by atoms with Crippen LogP contribution in [0.5, 0.6) is 5.75 Å². The normalized spacial score (nSPS) is 13.5. The second-order valence-corrected chi connectivity index (χ2v) is 4.45. The van der Waals surface area contributed by atoms with Crippen molar-refractivity contribution in [3.8, 4) is 5.75 Å². The van der Waals surface area contributed by atoms with E-state index in [4.69, 9.17) is 4.42 Å². The van der Waals surface area contributed by atoms with Gasteiger partial charge in [0, 0.05) is 18.7 Å². The molecule has 102 valence electrons. The summed E-state index contributed by atoms with van der Waals surface area (Å²) in [6.45, 7) is 0.512. The summed E-state index contributed by atoms with van der Waals surface area (Å²) in [6.07, 6.45) is 1.87. The molecule has 3 rings (SSSR count). The summed E-state index contributed by atoms with van der Waals surface area (Å²) in [5.41, 5.74) is 1.04. The summed E-state index contributed by atoms with van der Waals surface area (Å²) >= 11 is 0. The highest BCUT2D eigenvalue weighted by Crippen LogP contribution is 2.22. The van der Waals surface area contributed by atoms with E-state index in [0.29, 0.717) is 30.0 Å². The van der Waals surface area contributed by atoms with Crippen LogP contribution in [0.2, 0.25) is 0 Å². The topological polar surface area (TPSA) is 91.6 Å².